The van der Waals surface area contributed by atoms with E-state index in [0.29, 0.717) is 23.1 Å². The van der Waals surface area contributed by atoms with Crippen LogP contribution in [0, 0.1) is 6.92 Å². The third-order valence-electron chi connectivity index (χ3n) is 2.95. The number of carbonyl (C=O) groups is 1. The van der Waals surface area contributed by atoms with Crippen LogP contribution in [0.25, 0.3) is 0 Å². The zero-order valence-corrected chi connectivity index (χ0v) is 15.6. The van der Waals surface area contributed by atoms with Crippen LogP contribution in [-0.4, -0.2) is 43.8 Å². The molecule has 0 spiro atoms. The maximum Gasteiger partial charge on any atom is 0.412 e. The summed E-state index contributed by atoms with van der Waals surface area (Å²) in [6.07, 6.45) is 0.393. The zero-order valence-electron chi connectivity index (χ0n) is 14.8. The van der Waals surface area contributed by atoms with Crippen LogP contribution in [0.15, 0.2) is 12.1 Å². The van der Waals surface area contributed by atoms with E-state index >= 15 is 0 Å². The molecule has 0 unspecified atom stereocenters. The Balaban J connectivity index is 2.73. The lowest BCUT2D eigenvalue weighted by atomic mass is 10.2. The van der Waals surface area contributed by atoms with Crippen LogP contribution < -0.4 is 10.1 Å². The number of nitrogens with one attached hydrogen (secondary N) is 1. The van der Waals surface area contributed by atoms with Gasteiger partial charge in [0, 0.05) is 28.9 Å². The van der Waals surface area contributed by atoms with Gasteiger partial charge in [0.2, 0.25) is 0 Å². The molecule has 0 heterocycles. The molecular formula is C17H27ClN2O3. The van der Waals surface area contributed by atoms with E-state index in [1.165, 1.54) is 0 Å². The molecule has 23 heavy (non-hydrogen) atoms. The number of benzene rings is 1. The summed E-state index contributed by atoms with van der Waals surface area (Å²) in [4.78, 5) is 13.9. The normalized spacial score (nSPS) is 11.5. The highest BCUT2D eigenvalue weighted by molar-refractivity contribution is 6.31. The monoisotopic (exact) mass is 342 g/mol. The standard InChI is InChI=1S/C17H27ClN2O3/c1-12-14(18)10-13(19-16(21)23-17(2,3)4)11-15(12)22-9-7-8-20(5)6/h10-11H,7-9H2,1-6H3,(H,19,21). The molecule has 0 bridgehead atoms. The Bertz CT molecular complexity index is 539. The maximum absolute atomic E-state index is 11.8. The first-order valence-electron chi connectivity index (χ1n) is 7.66. The molecule has 1 N–H and O–H groups in total. The largest absolute Gasteiger partial charge is 0.493 e. The number of nitrogens with zero attached hydrogens (tertiary/aromatic N) is 1. The number of halogens is 1. The van der Waals surface area contributed by atoms with E-state index in [2.05, 4.69) is 10.2 Å². The summed E-state index contributed by atoms with van der Waals surface area (Å²) in [6.45, 7) is 8.87. The third kappa shape index (κ3) is 7.57. The van der Waals surface area contributed by atoms with Gasteiger partial charge < -0.3 is 14.4 Å². The van der Waals surface area contributed by atoms with Gasteiger partial charge in [-0.1, -0.05) is 11.6 Å². The summed E-state index contributed by atoms with van der Waals surface area (Å²) < 4.78 is 11.0. The maximum atomic E-state index is 11.8. The fraction of sp³-hybridized carbons (Fsp3) is 0.588. The van der Waals surface area contributed by atoms with E-state index in [1.807, 2.05) is 41.8 Å². The average Bonchev–Trinajstić information content (AvgIpc) is 2.37. The highest BCUT2D eigenvalue weighted by Crippen LogP contribution is 2.30. The summed E-state index contributed by atoms with van der Waals surface area (Å²) in [7, 11) is 4.04. The molecular weight excluding hydrogens is 316 g/mol. The number of anilines is 1. The Kier molecular flexibility index (Phi) is 7.16. The van der Waals surface area contributed by atoms with Crippen molar-refractivity contribution in [1.82, 2.24) is 4.90 Å². The summed E-state index contributed by atoms with van der Waals surface area (Å²) in [5, 5.41) is 3.22. The lowest BCUT2D eigenvalue weighted by Crippen LogP contribution is -2.27. The fourth-order valence-electron chi connectivity index (χ4n) is 1.86. The van der Waals surface area contributed by atoms with Gasteiger partial charge in [-0.05, 0) is 54.3 Å². The highest BCUT2D eigenvalue weighted by atomic mass is 35.5. The molecule has 1 aromatic carbocycles. The van der Waals surface area contributed by atoms with Crippen molar-refractivity contribution >= 4 is 23.4 Å². The Hall–Kier alpha value is -1.46. The number of hydrogen-bond acceptors (Lipinski definition) is 4. The van der Waals surface area contributed by atoms with Crippen LogP contribution in [0.5, 0.6) is 5.75 Å². The SMILES string of the molecule is Cc1c(Cl)cc(NC(=O)OC(C)(C)C)cc1OCCCN(C)C. The highest BCUT2D eigenvalue weighted by Gasteiger charge is 2.17. The van der Waals surface area contributed by atoms with Crippen molar-refractivity contribution in [2.24, 2.45) is 0 Å². The third-order valence-corrected chi connectivity index (χ3v) is 3.34. The average molecular weight is 343 g/mol. The quantitative estimate of drug-likeness (QED) is 0.782. The zero-order chi connectivity index (χ0) is 17.6. The van der Waals surface area contributed by atoms with E-state index in [-0.39, 0.29) is 0 Å². The number of amides is 1. The smallest absolute Gasteiger partial charge is 0.412 e. The first-order valence-corrected chi connectivity index (χ1v) is 8.04. The number of hydrogen-bond donors (Lipinski definition) is 1. The molecule has 0 radical (unpaired) electrons. The van der Waals surface area contributed by atoms with E-state index in [0.717, 1.165) is 18.5 Å². The molecule has 0 fully saturated rings. The minimum atomic E-state index is -0.552. The Morgan fingerprint density at radius 1 is 1.30 bits per heavy atom. The van der Waals surface area contributed by atoms with Crippen LogP contribution in [0.2, 0.25) is 5.02 Å². The van der Waals surface area contributed by atoms with Gasteiger partial charge in [0.15, 0.2) is 0 Å². The van der Waals surface area contributed by atoms with E-state index in [1.54, 1.807) is 12.1 Å². The second kappa shape index (κ2) is 8.41. The molecule has 0 aromatic heterocycles. The molecule has 0 aliphatic carbocycles. The van der Waals surface area contributed by atoms with Crippen molar-refractivity contribution in [2.45, 2.75) is 39.7 Å². The molecule has 0 saturated carbocycles. The van der Waals surface area contributed by atoms with Crippen molar-refractivity contribution < 1.29 is 14.3 Å². The van der Waals surface area contributed by atoms with Crippen molar-refractivity contribution in [2.75, 3.05) is 32.6 Å². The molecule has 1 aromatic rings. The Labute approximate surface area is 143 Å². The van der Waals surface area contributed by atoms with Gasteiger partial charge in [-0.2, -0.15) is 0 Å². The topological polar surface area (TPSA) is 50.8 Å². The molecule has 0 aliphatic rings. The van der Waals surface area contributed by atoms with Crippen molar-refractivity contribution in [3.63, 3.8) is 0 Å². The molecule has 1 amide bonds. The van der Waals surface area contributed by atoms with Gasteiger partial charge >= 0.3 is 6.09 Å². The summed E-state index contributed by atoms with van der Waals surface area (Å²) in [5.41, 5.74) is 0.855. The summed E-state index contributed by atoms with van der Waals surface area (Å²) in [5.74, 6) is 0.669. The molecule has 1 rings (SSSR count). The van der Waals surface area contributed by atoms with E-state index in [4.69, 9.17) is 21.1 Å². The van der Waals surface area contributed by atoms with Gasteiger partial charge in [-0.15, -0.1) is 0 Å². The Morgan fingerprint density at radius 2 is 1.96 bits per heavy atom. The van der Waals surface area contributed by atoms with Crippen LogP contribution in [0.4, 0.5) is 10.5 Å². The minimum Gasteiger partial charge on any atom is -0.493 e. The minimum absolute atomic E-state index is 0.518. The van der Waals surface area contributed by atoms with E-state index < -0.39 is 11.7 Å². The molecule has 0 aliphatic heterocycles. The predicted octanol–water partition coefficient (Wildman–Crippen LogP) is 4.33. The molecule has 5 nitrogen and oxygen atoms in total. The van der Waals surface area contributed by atoms with Crippen LogP contribution >= 0.6 is 11.6 Å². The Morgan fingerprint density at radius 3 is 2.52 bits per heavy atom. The number of ether oxygens (including phenoxy) is 2. The van der Waals surface area contributed by atoms with Crippen LogP contribution in [0.3, 0.4) is 0 Å². The van der Waals surface area contributed by atoms with Crippen molar-refractivity contribution in [3.8, 4) is 5.75 Å². The number of rotatable bonds is 6. The van der Waals surface area contributed by atoms with Crippen molar-refractivity contribution in [3.05, 3.63) is 22.7 Å². The molecule has 0 saturated heterocycles. The lowest BCUT2D eigenvalue weighted by molar-refractivity contribution is 0.0636. The predicted molar refractivity (Wildman–Crippen MR) is 94.7 cm³/mol. The lowest BCUT2D eigenvalue weighted by Gasteiger charge is -2.20. The van der Waals surface area contributed by atoms with Crippen LogP contribution in [0.1, 0.15) is 32.8 Å². The first kappa shape index (κ1) is 19.6. The summed E-state index contributed by atoms with van der Waals surface area (Å²) in [6, 6.07) is 3.45. The second-order valence-corrected chi connectivity index (χ2v) is 7.12. The van der Waals surface area contributed by atoms with Gasteiger partial charge in [-0.3, -0.25) is 5.32 Å². The summed E-state index contributed by atoms with van der Waals surface area (Å²) >= 11 is 6.22. The van der Waals surface area contributed by atoms with E-state index in [9.17, 15) is 4.79 Å². The van der Waals surface area contributed by atoms with Gasteiger partial charge in [-0.25, -0.2) is 4.79 Å². The van der Waals surface area contributed by atoms with Crippen molar-refractivity contribution in [1.29, 1.82) is 0 Å². The first-order chi connectivity index (χ1) is 10.6. The second-order valence-electron chi connectivity index (χ2n) is 6.71. The van der Waals surface area contributed by atoms with Gasteiger partial charge in [0.05, 0.1) is 6.61 Å². The fourth-order valence-corrected chi connectivity index (χ4v) is 2.07. The number of carbonyl (C=O) groups excluding carboxylic acids is 1. The van der Waals surface area contributed by atoms with Crippen LogP contribution in [-0.2, 0) is 4.74 Å². The molecule has 130 valence electrons. The molecule has 0 atom stereocenters. The van der Waals surface area contributed by atoms with Gasteiger partial charge in [0.25, 0.3) is 0 Å². The molecule has 6 heteroatoms. The van der Waals surface area contributed by atoms with Gasteiger partial charge in [0.1, 0.15) is 11.4 Å².